The summed E-state index contributed by atoms with van der Waals surface area (Å²) in [5.74, 6) is 0.284. The van der Waals surface area contributed by atoms with Crippen molar-refractivity contribution in [1.29, 1.82) is 0 Å². The molecule has 0 aromatic heterocycles. The number of hydrogen-bond acceptors (Lipinski definition) is 4. The van der Waals surface area contributed by atoms with Crippen molar-refractivity contribution in [2.24, 2.45) is 5.92 Å². The first-order chi connectivity index (χ1) is 10.1. The van der Waals surface area contributed by atoms with Crippen LogP contribution in [0.3, 0.4) is 0 Å². The molecule has 0 aliphatic carbocycles. The van der Waals surface area contributed by atoms with E-state index in [-0.39, 0.29) is 18.3 Å². The lowest BCUT2D eigenvalue weighted by Gasteiger charge is -2.30. The smallest absolute Gasteiger partial charge is 0.238 e. The third-order valence-corrected chi connectivity index (χ3v) is 3.89. The van der Waals surface area contributed by atoms with Crippen molar-refractivity contribution in [3.8, 4) is 0 Å². The first-order valence-corrected chi connectivity index (χ1v) is 7.32. The number of nitrogens with zero attached hydrogens (tertiary/aromatic N) is 1. The molecule has 114 valence electrons. The van der Waals surface area contributed by atoms with Gasteiger partial charge in [0.15, 0.2) is 5.78 Å². The molecular formula is C16H22N2O3. The van der Waals surface area contributed by atoms with Crippen LogP contribution < -0.4 is 5.32 Å². The number of amides is 1. The number of carbonyl (C=O) groups is 2. The zero-order valence-corrected chi connectivity index (χ0v) is 12.3. The Bertz CT molecular complexity index is 508. The van der Waals surface area contributed by atoms with Crippen LogP contribution in [-0.4, -0.2) is 47.9 Å². The third-order valence-electron chi connectivity index (χ3n) is 3.89. The van der Waals surface area contributed by atoms with Crippen molar-refractivity contribution in [2.45, 2.75) is 19.8 Å². The van der Waals surface area contributed by atoms with E-state index in [1.165, 1.54) is 6.92 Å². The molecule has 5 heteroatoms. The van der Waals surface area contributed by atoms with E-state index in [1.807, 2.05) is 0 Å². The minimum atomic E-state index is -0.0712. The van der Waals surface area contributed by atoms with Crippen molar-refractivity contribution in [1.82, 2.24) is 4.90 Å². The number of benzene rings is 1. The van der Waals surface area contributed by atoms with Gasteiger partial charge < -0.3 is 10.4 Å². The summed E-state index contributed by atoms with van der Waals surface area (Å²) in [6.07, 6.45) is 1.87. The van der Waals surface area contributed by atoms with Gasteiger partial charge in [-0.3, -0.25) is 14.5 Å². The van der Waals surface area contributed by atoms with Gasteiger partial charge in [0.2, 0.25) is 5.91 Å². The summed E-state index contributed by atoms with van der Waals surface area (Å²) in [5, 5.41) is 11.9. The molecule has 0 saturated carbocycles. The predicted octanol–water partition coefficient (Wildman–Crippen LogP) is 1.53. The summed E-state index contributed by atoms with van der Waals surface area (Å²) in [4.78, 5) is 25.4. The number of hydrogen-bond donors (Lipinski definition) is 2. The van der Waals surface area contributed by atoms with E-state index >= 15 is 0 Å². The molecule has 1 saturated heterocycles. The van der Waals surface area contributed by atoms with Gasteiger partial charge in [-0.2, -0.15) is 0 Å². The SMILES string of the molecule is CC(=O)c1cccc(NC(=O)CN2CCC(CO)CC2)c1. The van der Waals surface area contributed by atoms with Gasteiger partial charge in [0, 0.05) is 17.9 Å². The Morgan fingerprint density at radius 2 is 2.05 bits per heavy atom. The molecule has 1 aromatic carbocycles. The lowest BCUT2D eigenvalue weighted by atomic mass is 9.98. The lowest BCUT2D eigenvalue weighted by Crippen LogP contribution is -2.39. The number of aliphatic hydroxyl groups excluding tert-OH is 1. The number of carbonyl (C=O) groups excluding carboxylic acids is 2. The number of likely N-dealkylation sites (tertiary alicyclic amines) is 1. The number of nitrogens with one attached hydrogen (secondary N) is 1. The highest BCUT2D eigenvalue weighted by molar-refractivity contribution is 5.97. The highest BCUT2D eigenvalue weighted by Crippen LogP contribution is 2.16. The normalized spacial score (nSPS) is 16.7. The highest BCUT2D eigenvalue weighted by atomic mass is 16.3. The van der Waals surface area contributed by atoms with Crippen LogP contribution in [0.15, 0.2) is 24.3 Å². The average Bonchev–Trinajstić information content (AvgIpc) is 2.48. The Morgan fingerprint density at radius 1 is 1.33 bits per heavy atom. The minimum Gasteiger partial charge on any atom is -0.396 e. The molecule has 1 aliphatic heterocycles. The summed E-state index contributed by atoms with van der Waals surface area (Å²) in [7, 11) is 0. The molecule has 2 N–H and O–H groups in total. The van der Waals surface area contributed by atoms with Gasteiger partial charge in [0.05, 0.1) is 6.54 Å². The Morgan fingerprint density at radius 3 is 2.67 bits per heavy atom. The highest BCUT2D eigenvalue weighted by Gasteiger charge is 2.20. The third kappa shape index (κ3) is 4.65. The predicted molar refractivity (Wildman–Crippen MR) is 81.3 cm³/mol. The molecule has 1 aliphatic rings. The van der Waals surface area contributed by atoms with Crippen molar-refractivity contribution in [3.05, 3.63) is 29.8 Å². The summed E-state index contributed by atoms with van der Waals surface area (Å²) in [5.41, 5.74) is 1.24. The van der Waals surface area contributed by atoms with E-state index in [0.29, 0.717) is 23.7 Å². The van der Waals surface area contributed by atoms with Gasteiger partial charge in [-0.1, -0.05) is 12.1 Å². The summed E-state index contributed by atoms with van der Waals surface area (Å²) in [6, 6.07) is 6.97. The second-order valence-corrected chi connectivity index (χ2v) is 5.59. The second kappa shape index (κ2) is 7.33. The second-order valence-electron chi connectivity index (χ2n) is 5.59. The van der Waals surface area contributed by atoms with Gasteiger partial charge in [-0.25, -0.2) is 0 Å². The first kappa shape index (κ1) is 15.7. The molecule has 2 rings (SSSR count). The number of Topliss-reactive ketones (excluding diaryl/α,β-unsaturated/α-hetero) is 1. The number of piperidine rings is 1. The van der Waals surface area contributed by atoms with E-state index in [9.17, 15) is 9.59 Å². The van der Waals surface area contributed by atoms with Crippen molar-refractivity contribution in [2.75, 3.05) is 31.6 Å². The fourth-order valence-electron chi connectivity index (χ4n) is 2.55. The fourth-order valence-corrected chi connectivity index (χ4v) is 2.55. The van der Waals surface area contributed by atoms with Crippen LogP contribution in [0.2, 0.25) is 0 Å². The van der Waals surface area contributed by atoms with Crippen LogP contribution in [0.1, 0.15) is 30.1 Å². The van der Waals surface area contributed by atoms with Crippen LogP contribution in [0.25, 0.3) is 0 Å². The lowest BCUT2D eigenvalue weighted by molar-refractivity contribution is -0.117. The molecule has 5 nitrogen and oxygen atoms in total. The monoisotopic (exact) mass is 290 g/mol. The fraction of sp³-hybridized carbons (Fsp3) is 0.500. The topological polar surface area (TPSA) is 69.6 Å². The Kier molecular flexibility index (Phi) is 5.47. The maximum Gasteiger partial charge on any atom is 0.238 e. The van der Waals surface area contributed by atoms with E-state index < -0.39 is 0 Å². The van der Waals surface area contributed by atoms with Gasteiger partial charge in [0.25, 0.3) is 0 Å². The van der Waals surface area contributed by atoms with Crippen LogP contribution in [0, 0.1) is 5.92 Å². The van der Waals surface area contributed by atoms with Gasteiger partial charge in [-0.15, -0.1) is 0 Å². The molecule has 1 fully saturated rings. The summed E-state index contributed by atoms with van der Waals surface area (Å²) in [6.45, 7) is 3.77. The molecule has 0 atom stereocenters. The van der Waals surface area contributed by atoms with Crippen LogP contribution in [0.4, 0.5) is 5.69 Å². The molecule has 0 radical (unpaired) electrons. The van der Waals surface area contributed by atoms with E-state index in [4.69, 9.17) is 5.11 Å². The average molecular weight is 290 g/mol. The van der Waals surface area contributed by atoms with Crippen LogP contribution in [0.5, 0.6) is 0 Å². The Balaban J connectivity index is 1.85. The standard InChI is InChI=1S/C16H22N2O3/c1-12(20)14-3-2-4-15(9-14)17-16(21)10-18-7-5-13(11-19)6-8-18/h2-4,9,13,19H,5-8,10-11H2,1H3,(H,17,21). The molecule has 21 heavy (non-hydrogen) atoms. The first-order valence-electron chi connectivity index (χ1n) is 7.32. The summed E-state index contributed by atoms with van der Waals surface area (Å²) < 4.78 is 0. The molecule has 0 spiro atoms. The molecule has 0 unspecified atom stereocenters. The number of ketones is 1. The summed E-state index contributed by atoms with van der Waals surface area (Å²) >= 11 is 0. The van der Waals surface area contributed by atoms with E-state index in [2.05, 4.69) is 10.2 Å². The van der Waals surface area contributed by atoms with Crippen molar-refractivity contribution in [3.63, 3.8) is 0 Å². The molecule has 1 amide bonds. The maximum atomic E-state index is 12.0. The van der Waals surface area contributed by atoms with E-state index in [1.54, 1.807) is 24.3 Å². The molecule has 1 aromatic rings. The largest absolute Gasteiger partial charge is 0.396 e. The Hall–Kier alpha value is -1.72. The maximum absolute atomic E-state index is 12.0. The zero-order valence-electron chi connectivity index (χ0n) is 12.3. The molecule has 0 bridgehead atoms. The zero-order chi connectivity index (χ0) is 15.2. The Labute approximate surface area is 125 Å². The number of rotatable bonds is 5. The molecule has 1 heterocycles. The van der Waals surface area contributed by atoms with Gasteiger partial charge >= 0.3 is 0 Å². The molecular weight excluding hydrogens is 268 g/mol. The van der Waals surface area contributed by atoms with Crippen LogP contribution >= 0.6 is 0 Å². The minimum absolute atomic E-state index is 0.0165. The van der Waals surface area contributed by atoms with Crippen LogP contribution in [-0.2, 0) is 4.79 Å². The van der Waals surface area contributed by atoms with E-state index in [0.717, 1.165) is 25.9 Å². The van der Waals surface area contributed by atoms with Gasteiger partial charge in [-0.05, 0) is 50.9 Å². The van der Waals surface area contributed by atoms with Crippen molar-refractivity contribution >= 4 is 17.4 Å². The number of aliphatic hydroxyl groups is 1. The van der Waals surface area contributed by atoms with Gasteiger partial charge in [0.1, 0.15) is 0 Å². The quantitative estimate of drug-likeness (QED) is 0.807. The van der Waals surface area contributed by atoms with Crippen molar-refractivity contribution < 1.29 is 14.7 Å². The number of anilines is 1.